The topological polar surface area (TPSA) is 92.5 Å². The number of nitro groups is 1. The zero-order chi connectivity index (χ0) is 20.0. The molecule has 0 heterocycles. The molecule has 146 valence electrons. The average Bonchev–Trinajstić information content (AvgIpc) is 2.66. The zero-order valence-electron chi connectivity index (χ0n) is 15.1. The molecule has 0 aliphatic carbocycles. The first kappa shape index (κ1) is 21.1. The molecule has 0 bridgehead atoms. The summed E-state index contributed by atoms with van der Waals surface area (Å²) in [6, 6.07) is 11.9. The summed E-state index contributed by atoms with van der Waals surface area (Å²) in [5, 5.41) is 14.4. The highest BCUT2D eigenvalue weighted by molar-refractivity contribution is 7.92. The fourth-order valence-corrected chi connectivity index (χ4v) is 4.39. The predicted molar refractivity (Wildman–Crippen MR) is 107 cm³/mol. The number of benzene rings is 2. The SMILES string of the molecule is CCNC(CC)CN(c1ccc(Cl)c([N+](=O)[O-])c1)S(=O)(=O)c1ccccc1. The maximum atomic E-state index is 13.2. The number of hydrogen-bond donors (Lipinski definition) is 1. The minimum Gasteiger partial charge on any atom is -0.312 e. The van der Waals surface area contributed by atoms with Crippen LogP contribution in [0.15, 0.2) is 53.4 Å². The molecule has 0 spiro atoms. The first-order valence-corrected chi connectivity index (χ1v) is 10.4. The molecule has 1 unspecified atom stereocenters. The summed E-state index contributed by atoms with van der Waals surface area (Å²) in [7, 11) is -3.91. The number of anilines is 1. The molecule has 0 fully saturated rings. The van der Waals surface area contributed by atoms with Gasteiger partial charge in [-0.05, 0) is 37.2 Å². The van der Waals surface area contributed by atoms with Gasteiger partial charge in [-0.15, -0.1) is 0 Å². The van der Waals surface area contributed by atoms with Gasteiger partial charge >= 0.3 is 0 Å². The van der Waals surface area contributed by atoms with E-state index in [2.05, 4.69) is 5.32 Å². The van der Waals surface area contributed by atoms with Gasteiger partial charge in [0.05, 0.1) is 15.5 Å². The molecule has 0 aliphatic rings. The zero-order valence-corrected chi connectivity index (χ0v) is 16.7. The smallest absolute Gasteiger partial charge is 0.289 e. The van der Waals surface area contributed by atoms with Crippen LogP contribution in [-0.2, 0) is 10.0 Å². The van der Waals surface area contributed by atoms with Crippen molar-refractivity contribution < 1.29 is 13.3 Å². The van der Waals surface area contributed by atoms with Crippen molar-refractivity contribution in [2.75, 3.05) is 17.4 Å². The molecule has 7 nitrogen and oxygen atoms in total. The first-order valence-electron chi connectivity index (χ1n) is 8.56. The van der Waals surface area contributed by atoms with Gasteiger partial charge in [-0.25, -0.2) is 8.42 Å². The molecule has 9 heteroatoms. The Balaban J connectivity index is 2.57. The summed E-state index contributed by atoms with van der Waals surface area (Å²) < 4.78 is 27.7. The van der Waals surface area contributed by atoms with Gasteiger partial charge in [0, 0.05) is 18.7 Å². The van der Waals surface area contributed by atoms with Gasteiger partial charge in [-0.2, -0.15) is 0 Å². The minimum absolute atomic E-state index is 0.0421. The minimum atomic E-state index is -3.91. The molecule has 0 aromatic heterocycles. The van der Waals surface area contributed by atoms with Crippen molar-refractivity contribution in [3.63, 3.8) is 0 Å². The van der Waals surface area contributed by atoms with Crippen molar-refractivity contribution in [3.8, 4) is 0 Å². The Morgan fingerprint density at radius 2 is 1.85 bits per heavy atom. The molecular formula is C18H22ClN3O4S. The highest BCUT2D eigenvalue weighted by atomic mass is 35.5. The average molecular weight is 412 g/mol. The fraction of sp³-hybridized carbons (Fsp3) is 0.333. The third-order valence-corrected chi connectivity index (χ3v) is 6.25. The Morgan fingerprint density at radius 1 is 1.19 bits per heavy atom. The van der Waals surface area contributed by atoms with Crippen LogP contribution >= 0.6 is 11.6 Å². The number of nitro benzene ring substituents is 1. The van der Waals surface area contributed by atoms with Gasteiger partial charge < -0.3 is 5.32 Å². The van der Waals surface area contributed by atoms with Gasteiger partial charge in [-0.3, -0.25) is 14.4 Å². The van der Waals surface area contributed by atoms with Crippen LogP contribution in [-0.4, -0.2) is 32.5 Å². The number of nitrogens with zero attached hydrogens (tertiary/aromatic N) is 2. The molecule has 1 N–H and O–H groups in total. The lowest BCUT2D eigenvalue weighted by atomic mass is 10.2. The molecule has 0 radical (unpaired) electrons. The molecule has 0 saturated heterocycles. The van der Waals surface area contributed by atoms with Crippen LogP contribution in [0.2, 0.25) is 5.02 Å². The first-order chi connectivity index (χ1) is 12.8. The molecule has 0 amide bonds. The number of hydrogen-bond acceptors (Lipinski definition) is 5. The maximum Gasteiger partial charge on any atom is 0.289 e. The van der Waals surface area contributed by atoms with Crippen LogP contribution < -0.4 is 9.62 Å². The maximum absolute atomic E-state index is 13.2. The lowest BCUT2D eigenvalue weighted by Gasteiger charge is -2.29. The second kappa shape index (κ2) is 9.16. The van der Waals surface area contributed by atoms with Crippen LogP contribution in [0, 0.1) is 10.1 Å². The van der Waals surface area contributed by atoms with Gasteiger partial charge in [0.2, 0.25) is 0 Å². The Hall–Kier alpha value is -2.16. The van der Waals surface area contributed by atoms with Crippen LogP contribution in [0.5, 0.6) is 0 Å². The third kappa shape index (κ3) is 4.97. The van der Waals surface area contributed by atoms with Crippen molar-refractivity contribution >= 4 is 33.0 Å². The summed E-state index contributed by atoms with van der Waals surface area (Å²) in [5.74, 6) is 0. The second-order valence-electron chi connectivity index (χ2n) is 5.90. The standard InChI is InChI=1S/C18H22ClN3O4S/c1-3-14(20-4-2)13-21(27(25,26)16-8-6-5-7-9-16)15-10-11-17(19)18(12-15)22(23)24/h5-12,14,20H,3-4,13H2,1-2H3. The van der Waals surface area contributed by atoms with E-state index in [0.29, 0.717) is 13.0 Å². The van der Waals surface area contributed by atoms with Crippen molar-refractivity contribution in [1.82, 2.24) is 5.32 Å². The summed E-state index contributed by atoms with van der Waals surface area (Å²) in [6.45, 7) is 4.70. The Kier molecular flexibility index (Phi) is 7.18. The van der Waals surface area contributed by atoms with Gasteiger partial charge in [0.15, 0.2) is 0 Å². The molecule has 2 aromatic carbocycles. The summed E-state index contributed by atoms with van der Waals surface area (Å²) in [4.78, 5) is 10.7. The highest BCUT2D eigenvalue weighted by Crippen LogP contribution is 2.32. The van der Waals surface area contributed by atoms with E-state index in [-0.39, 0.29) is 33.9 Å². The largest absolute Gasteiger partial charge is 0.312 e. The summed E-state index contributed by atoms with van der Waals surface area (Å²) in [6.07, 6.45) is 0.699. The van der Waals surface area contributed by atoms with E-state index in [0.717, 1.165) is 0 Å². The van der Waals surface area contributed by atoms with Crippen molar-refractivity contribution in [2.24, 2.45) is 0 Å². The van der Waals surface area contributed by atoms with E-state index in [1.165, 1.54) is 34.6 Å². The van der Waals surface area contributed by atoms with E-state index in [1.54, 1.807) is 18.2 Å². The Bertz CT molecular complexity index is 891. The number of likely N-dealkylation sites (N-methyl/N-ethyl adjacent to an activating group) is 1. The molecule has 0 saturated carbocycles. The highest BCUT2D eigenvalue weighted by Gasteiger charge is 2.28. The lowest BCUT2D eigenvalue weighted by molar-refractivity contribution is -0.384. The monoisotopic (exact) mass is 411 g/mol. The molecule has 27 heavy (non-hydrogen) atoms. The van der Waals surface area contributed by atoms with Gasteiger partial charge in [-0.1, -0.05) is 43.6 Å². The number of nitrogens with one attached hydrogen (secondary N) is 1. The molecular weight excluding hydrogens is 390 g/mol. The second-order valence-corrected chi connectivity index (χ2v) is 8.17. The molecule has 2 aromatic rings. The summed E-state index contributed by atoms with van der Waals surface area (Å²) >= 11 is 5.89. The summed E-state index contributed by atoms with van der Waals surface area (Å²) in [5.41, 5.74) is -0.134. The van der Waals surface area contributed by atoms with Crippen LogP contribution in [0.1, 0.15) is 20.3 Å². The quantitative estimate of drug-likeness (QED) is 0.500. The molecule has 0 aliphatic heterocycles. The number of halogens is 1. The van der Waals surface area contributed by atoms with Gasteiger partial charge in [0.25, 0.3) is 15.7 Å². The van der Waals surface area contributed by atoms with Gasteiger partial charge in [0.1, 0.15) is 5.02 Å². The van der Waals surface area contributed by atoms with Crippen LogP contribution in [0.4, 0.5) is 11.4 Å². The van der Waals surface area contributed by atoms with E-state index < -0.39 is 14.9 Å². The van der Waals surface area contributed by atoms with Crippen LogP contribution in [0.3, 0.4) is 0 Å². The number of rotatable bonds is 9. The Labute approximate surface area is 164 Å². The lowest BCUT2D eigenvalue weighted by Crippen LogP contribution is -2.43. The molecule has 1 atom stereocenters. The molecule has 2 rings (SSSR count). The third-order valence-electron chi connectivity index (χ3n) is 4.12. The normalized spacial score (nSPS) is 12.6. The van der Waals surface area contributed by atoms with Crippen molar-refractivity contribution in [1.29, 1.82) is 0 Å². The predicted octanol–water partition coefficient (Wildman–Crippen LogP) is 3.83. The van der Waals surface area contributed by atoms with Crippen LogP contribution in [0.25, 0.3) is 0 Å². The van der Waals surface area contributed by atoms with Crippen molar-refractivity contribution in [2.45, 2.75) is 31.2 Å². The van der Waals surface area contributed by atoms with Crippen molar-refractivity contribution in [3.05, 3.63) is 63.7 Å². The van der Waals surface area contributed by atoms with E-state index in [1.807, 2.05) is 13.8 Å². The fourth-order valence-electron chi connectivity index (χ4n) is 2.68. The Morgan fingerprint density at radius 3 is 2.41 bits per heavy atom. The van der Waals surface area contributed by atoms with E-state index >= 15 is 0 Å². The van der Waals surface area contributed by atoms with E-state index in [9.17, 15) is 18.5 Å². The number of sulfonamides is 1. The van der Waals surface area contributed by atoms with E-state index in [4.69, 9.17) is 11.6 Å².